The summed E-state index contributed by atoms with van der Waals surface area (Å²) in [6.07, 6.45) is -1.05. The number of nitrogens with two attached hydrogens (primary N) is 1. The topological polar surface area (TPSA) is 195 Å². The van der Waals surface area contributed by atoms with Crippen LogP contribution in [0.15, 0.2) is 18.2 Å². The monoisotopic (exact) mass is 578 g/mol. The normalized spacial score (nSPS) is 19.2. The third kappa shape index (κ3) is 12.1. The van der Waals surface area contributed by atoms with Gasteiger partial charge in [0, 0.05) is 25.8 Å². The Labute approximate surface area is 239 Å². The van der Waals surface area contributed by atoms with Gasteiger partial charge >= 0.3 is 12.0 Å². The molecule has 1 heterocycles. The molecule has 1 aromatic rings. The molecule has 1 saturated heterocycles. The van der Waals surface area contributed by atoms with Crippen molar-refractivity contribution < 1.29 is 43.3 Å². The van der Waals surface area contributed by atoms with Gasteiger partial charge in [0.15, 0.2) is 0 Å². The lowest BCUT2D eigenvalue weighted by molar-refractivity contribution is -0.175. The molecular weight excluding hydrogens is 536 g/mol. The molecule has 13 heteroatoms. The standard InChI is InChI=1S/C28H42N4O9/c1-16(2)10-24(35)31-22(6-5-9-30-28(29)38)26(36)32-21-8-7-18(15-39-27(37)17(3)4)11-23(21)41-25-13-19(34)12-20(14-33)40-25/h7-8,11,14,16-17,19-20,22,25,34H,5-6,9-10,12-13,15H2,1-4H3,(H,31,35)(H,32,36)(H3,29,30,38). The molecular formula is C28H42N4O9. The second kappa shape index (κ2) is 16.5. The molecule has 0 aromatic heterocycles. The van der Waals surface area contributed by atoms with Crippen molar-refractivity contribution in [1.29, 1.82) is 0 Å². The summed E-state index contributed by atoms with van der Waals surface area (Å²) in [5.74, 6) is -1.30. The van der Waals surface area contributed by atoms with Crippen molar-refractivity contribution in [2.45, 2.75) is 90.9 Å². The summed E-state index contributed by atoms with van der Waals surface area (Å²) in [5.41, 5.74) is 5.90. The Bertz CT molecular complexity index is 1060. The maximum Gasteiger partial charge on any atom is 0.312 e. The van der Waals surface area contributed by atoms with Gasteiger partial charge in [-0.1, -0.05) is 33.8 Å². The van der Waals surface area contributed by atoms with Crippen molar-refractivity contribution in [2.75, 3.05) is 11.9 Å². The van der Waals surface area contributed by atoms with Crippen LogP contribution in [0.2, 0.25) is 0 Å². The molecule has 228 valence electrons. The Morgan fingerprint density at radius 1 is 1.17 bits per heavy atom. The van der Waals surface area contributed by atoms with E-state index in [9.17, 15) is 29.1 Å². The molecule has 0 aliphatic carbocycles. The number of rotatable bonds is 15. The highest BCUT2D eigenvalue weighted by Crippen LogP contribution is 2.31. The number of amides is 4. The fraction of sp³-hybridized carbons (Fsp3) is 0.607. The molecule has 1 fully saturated rings. The predicted molar refractivity (Wildman–Crippen MR) is 149 cm³/mol. The summed E-state index contributed by atoms with van der Waals surface area (Å²) in [4.78, 5) is 60.1. The van der Waals surface area contributed by atoms with E-state index in [0.717, 1.165) is 0 Å². The molecule has 13 nitrogen and oxygen atoms in total. The van der Waals surface area contributed by atoms with E-state index in [2.05, 4.69) is 16.0 Å². The van der Waals surface area contributed by atoms with Crippen LogP contribution >= 0.6 is 0 Å². The van der Waals surface area contributed by atoms with Crippen molar-refractivity contribution in [1.82, 2.24) is 10.6 Å². The Kier molecular flexibility index (Phi) is 13.5. The van der Waals surface area contributed by atoms with Crippen LogP contribution < -0.4 is 26.4 Å². The number of aliphatic hydroxyl groups excluding tert-OH is 1. The van der Waals surface area contributed by atoms with E-state index in [1.165, 1.54) is 0 Å². The van der Waals surface area contributed by atoms with Crippen LogP contribution in [0.3, 0.4) is 0 Å². The van der Waals surface area contributed by atoms with E-state index in [0.29, 0.717) is 18.3 Å². The SMILES string of the molecule is CC(C)CC(=O)NC(CCCNC(N)=O)C(=O)Nc1ccc(COC(=O)C(C)C)cc1OC1CC(O)CC(C=O)O1. The average molecular weight is 579 g/mol. The van der Waals surface area contributed by atoms with Gasteiger partial charge in [0.05, 0.1) is 17.7 Å². The van der Waals surface area contributed by atoms with Crippen molar-refractivity contribution >= 4 is 35.8 Å². The average Bonchev–Trinajstić information content (AvgIpc) is 2.89. The van der Waals surface area contributed by atoms with Crippen molar-refractivity contribution in [2.24, 2.45) is 17.6 Å². The van der Waals surface area contributed by atoms with E-state index < -0.39 is 36.5 Å². The number of urea groups is 1. The van der Waals surface area contributed by atoms with E-state index in [1.807, 2.05) is 13.8 Å². The quantitative estimate of drug-likeness (QED) is 0.117. The van der Waals surface area contributed by atoms with Gasteiger partial charge in [-0.25, -0.2) is 4.79 Å². The van der Waals surface area contributed by atoms with Crippen LogP contribution in [0.4, 0.5) is 10.5 Å². The number of anilines is 1. The summed E-state index contributed by atoms with van der Waals surface area (Å²) in [6.45, 7) is 7.36. The van der Waals surface area contributed by atoms with Crippen molar-refractivity contribution in [3.8, 4) is 5.75 Å². The van der Waals surface area contributed by atoms with Gasteiger partial charge in [0.2, 0.25) is 18.1 Å². The maximum atomic E-state index is 13.4. The summed E-state index contributed by atoms with van der Waals surface area (Å²) in [5, 5.41) is 18.1. The fourth-order valence-corrected chi connectivity index (χ4v) is 4.01. The van der Waals surface area contributed by atoms with E-state index >= 15 is 0 Å². The second-order valence-electron chi connectivity index (χ2n) is 10.7. The molecule has 4 unspecified atom stereocenters. The van der Waals surface area contributed by atoms with Crippen LogP contribution in [-0.2, 0) is 35.3 Å². The minimum atomic E-state index is -0.987. The highest BCUT2D eigenvalue weighted by atomic mass is 16.7. The van der Waals surface area contributed by atoms with Gasteiger partial charge in [-0.15, -0.1) is 0 Å². The maximum absolute atomic E-state index is 13.4. The van der Waals surface area contributed by atoms with E-state index in [-0.39, 0.29) is 74.0 Å². The lowest BCUT2D eigenvalue weighted by Gasteiger charge is -2.31. The Morgan fingerprint density at radius 2 is 1.90 bits per heavy atom. The largest absolute Gasteiger partial charge is 0.463 e. The van der Waals surface area contributed by atoms with Crippen LogP contribution in [-0.4, -0.2) is 66.3 Å². The number of carbonyl (C=O) groups excluding carboxylic acids is 5. The fourth-order valence-electron chi connectivity index (χ4n) is 4.01. The minimum absolute atomic E-state index is 0.0482. The molecule has 4 amide bonds. The van der Waals surface area contributed by atoms with Gasteiger partial charge in [-0.2, -0.15) is 0 Å². The van der Waals surface area contributed by atoms with E-state index in [1.54, 1.807) is 32.0 Å². The lowest BCUT2D eigenvalue weighted by atomic mass is 10.1. The summed E-state index contributed by atoms with van der Waals surface area (Å²) in [6, 6.07) is 3.14. The van der Waals surface area contributed by atoms with Crippen LogP contribution in [0.5, 0.6) is 5.75 Å². The molecule has 2 rings (SSSR count). The first-order valence-corrected chi connectivity index (χ1v) is 13.8. The van der Waals surface area contributed by atoms with Crippen molar-refractivity contribution in [3.63, 3.8) is 0 Å². The number of aldehydes is 1. The molecule has 4 atom stereocenters. The zero-order valence-corrected chi connectivity index (χ0v) is 24.0. The first kappa shape index (κ1) is 33.5. The van der Waals surface area contributed by atoms with Gasteiger partial charge < -0.3 is 45.8 Å². The zero-order valence-electron chi connectivity index (χ0n) is 24.0. The van der Waals surface area contributed by atoms with Crippen LogP contribution in [0.25, 0.3) is 0 Å². The predicted octanol–water partition coefficient (Wildman–Crippen LogP) is 1.75. The number of primary amides is 1. The molecule has 0 radical (unpaired) electrons. The molecule has 6 N–H and O–H groups in total. The number of nitrogens with one attached hydrogen (secondary N) is 3. The minimum Gasteiger partial charge on any atom is -0.463 e. The number of hydrogen-bond acceptors (Lipinski definition) is 9. The smallest absolute Gasteiger partial charge is 0.312 e. The molecule has 41 heavy (non-hydrogen) atoms. The van der Waals surface area contributed by atoms with Crippen LogP contribution in [0.1, 0.15) is 65.4 Å². The number of esters is 1. The first-order valence-electron chi connectivity index (χ1n) is 13.8. The third-order valence-corrected chi connectivity index (χ3v) is 6.08. The van der Waals surface area contributed by atoms with Crippen LogP contribution in [0, 0.1) is 11.8 Å². The Balaban J connectivity index is 2.27. The number of carbonyl (C=O) groups is 5. The third-order valence-electron chi connectivity index (χ3n) is 6.08. The molecule has 0 bridgehead atoms. The molecule has 1 aromatic carbocycles. The van der Waals surface area contributed by atoms with Crippen molar-refractivity contribution in [3.05, 3.63) is 23.8 Å². The lowest BCUT2D eigenvalue weighted by Crippen LogP contribution is -2.44. The number of ether oxygens (including phenoxy) is 3. The molecule has 1 aliphatic rings. The van der Waals surface area contributed by atoms with Gasteiger partial charge in [-0.3, -0.25) is 14.4 Å². The highest BCUT2D eigenvalue weighted by molar-refractivity contribution is 5.98. The summed E-state index contributed by atoms with van der Waals surface area (Å²) < 4.78 is 16.9. The van der Waals surface area contributed by atoms with Gasteiger partial charge in [-0.05, 0) is 36.5 Å². The highest BCUT2D eigenvalue weighted by Gasteiger charge is 2.30. The van der Waals surface area contributed by atoms with Gasteiger partial charge in [0.1, 0.15) is 30.8 Å². The van der Waals surface area contributed by atoms with E-state index in [4.69, 9.17) is 19.9 Å². The first-order chi connectivity index (χ1) is 19.4. The number of benzene rings is 1. The second-order valence-corrected chi connectivity index (χ2v) is 10.7. The molecule has 0 spiro atoms. The molecule has 1 aliphatic heterocycles. The zero-order chi connectivity index (χ0) is 30.5. The number of aliphatic hydroxyl groups is 1. The summed E-state index contributed by atoms with van der Waals surface area (Å²) in [7, 11) is 0. The Morgan fingerprint density at radius 3 is 2.54 bits per heavy atom. The number of hydrogen-bond donors (Lipinski definition) is 5. The summed E-state index contributed by atoms with van der Waals surface area (Å²) >= 11 is 0. The molecule has 0 saturated carbocycles. The Hall–Kier alpha value is -3.71. The van der Waals surface area contributed by atoms with Gasteiger partial charge in [0.25, 0.3) is 0 Å².